The van der Waals surface area contributed by atoms with Crippen LogP contribution in [0.25, 0.3) is 0 Å². The molecule has 1 aliphatic carbocycles. The van der Waals surface area contributed by atoms with Crippen LogP contribution in [0.1, 0.15) is 38.2 Å². The Kier molecular flexibility index (Phi) is 5.33. The van der Waals surface area contributed by atoms with Crippen molar-refractivity contribution in [1.82, 2.24) is 10.2 Å². The Balaban J connectivity index is 1.36. The summed E-state index contributed by atoms with van der Waals surface area (Å²) in [5.41, 5.74) is 0.565. The molecule has 3 aliphatic rings. The van der Waals surface area contributed by atoms with Gasteiger partial charge in [-0.1, -0.05) is 12.1 Å². The molecule has 9 heteroatoms. The molecule has 2 fully saturated rings. The molecule has 8 nitrogen and oxygen atoms in total. The topological polar surface area (TPSA) is 105 Å². The van der Waals surface area contributed by atoms with Gasteiger partial charge < -0.3 is 15.0 Å². The Labute approximate surface area is 170 Å². The third kappa shape index (κ3) is 4.29. The van der Waals surface area contributed by atoms with Gasteiger partial charge in [0.2, 0.25) is 0 Å². The van der Waals surface area contributed by atoms with Crippen LogP contribution in [0.3, 0.4) is 0 Å². The van der Waals surface area contributed by atoms with E-state index in [0.717, 1.165) is 12.8 Å². The number of piperidine rings is 1. The summed E-state index contributed by atoms with van der Waals surface area (Å²) in [5.74, 6) is -0.221. The number of amidine groups is 1. The molecular formula is C20H25N3O5S. The Morgan fingerprint density at radius 2 is 2.03 bits per heavy atom. The normalized spacial score (nSPS) is 23.7. The van der Waals surface area contributed by atoms with Crippen LogP contribution in [0, 0.1) is 11.8 Å². The zero-order valence-electron chi connectivity index (χ0n) is 16.3. The third-order valence-electron chi connectivity index (χ3n) is 5.73. The SMILES string of the molecule is C[C@@H](NC(=O)COC(=O)[C@@H]1CCCN(C2=NS(=O)(=O)c3ccccc32)C1)C1CC1. The molecule has 0 spiro atoms. The number of esters is 1. The Bertz CT molecular complexity index is 955. The molecule has 1 aromatic rings. The second kappa shape index (κ2) is 7.78. The average Bonchev–Trinajstić information content (AvgIpc) is 3.52. The van der Waals surface area contributed by atoms with Crippen molar-refractivity contribution in [2.24, 2.45) is 16.2 Å². The Morgan fingerprint density at radius 1 is 1.28 bits per heavy atom. The van der Waals surface area contributed by atoms with Crippen LogP contribution < -0.4 is 5.32 Å². The number of carbonyl (C=O) groups excluding carboxylic acids is 2. The molecule has 0 radical (unpaired) electrons. The Hall–Kier alpha value is -2.42. The second-order valence-electron chi connectivity index (χ2n) is 7.97. The fourth-order valence-electron chi connectivity index (χ4n) is 3.94. The molecule has 1 saturated carbocycles. The molecule has 0 aromatic heterocycles. The number of benzene rings is 1. The lowest BCUT2D eigenvalue weighted by Gasteiger charge is -2.32. The van der Waals surface area contributed by atoms with Gasteiger partial charge in [-0.2, -0.15) is 8.42 Å². The summed E-state index contributed by atoms with van der Waals surface area (Å²) >= 11 is 0. The second-order valence-corrected chi connectivity index (χ2v) is 9.55. The maximum atomic E-state index is 12.5. The fraction of sp³-hybridized carbons (Fsp3) is 0.550. The number of likely N-dealkylation sites (tertiary alicyclic amines) is 1. The van der Waals surface area contributed by atoms with E-state index in [1.165, 1.54) is 6.07 Å². The molecule has 0 unspecified atom stereocenters. The number of hydrogen-bond acceptors (Lipinski definition) is 6. The van der Waals surface area contributed by atoms with E-state index in [0.29, 0.717) is 43.2 Å². The van der Waals surface area contributed by atoms with Crippen molar-refractivity contribution in [1.29, 1.82) is 0 Å². The van der Waals surface area contributed by atoms with E-state index >= 15 is 0 Å². The smallest absolute Gasteiger partial charge is 0.311 e. The first kappa shape index (κ1) is 19.9. The number of amides is 1. The lowest BCUT2D eigenvalue weighted by Crippen LogP contribution is -2.43. The van der Waals surface area contributed by atoms with Gasteiger partial charge in [0.1, 0.15) is 4.90 Å². The van der Waals surface area contributed by atoms with Gasteiger partial charge >= 0.3 is 5.97 Å². The first-order valence-corrected chi connectivity index (χ1v) is 11.4. The summed E-state index contributed by atoms with van der Waals surface area (Å²) in [6, 6.07) is 6.81. The molecule has 1 N–H and O–H groups in total. The highest BCUT2D eigenvalue weighted by Gasteiger charge is 2.36. The quantitative estimate of drug-likeness (QED) is 0.722. The highest BCUT2D eigenvalue weighted by atomic mass is 32.2. The van der Waals surface area contributed by atoms with E-state index in [1.54, 1.807) is 18.2 Å². The summed E-state index contributed by atoms with van der Waals surface area (Å²) in [4.78, 5) is 26.5. The fourth-order valence-corrected chi connectivity index (χ4v) is 5.17. The monoisotopic (exact) mass is 419 g/mol. The van der Waals surface area contributed by atoms with Crippen LogP contribution >= 0.6 is 0 Å². The maximum absolute atomic E-state index is 12.5. The summed E-state index contributed by atoms with van der Waals surface area (Å²) < 4.78 is 33.7. The van der Waals surface area contributed by atoms with Crippen LogP contribution in [0.2, 0.25) is 0 Å². The van der Waals surface area contributed by atoms with E-state index in [1.807, 2.05) is 11.8 Å². The molecule has 1 saturated heterocycles. The van der Waals surface area contributed by atoms with Gasteiger partial charge in [0, 0.05) is 24.7 Å². The first-order chi connectivity index (χ1) is 13.8. The summed E-state index contributed by atoms with van der Waals surface area (Å²) in [6.45, 7) is 2.61. The van der Waals surface area contributed by atoms with Crippen molar-refractivity contribution in [3.63, 3.8) is 0 Å². The molecule has 2 atom stereocenters. The van der Waals surface area contributed by atoms with Gasteiger partial charge in [0.25, 0.3) is 15.9 Å². The average molecular weight is 420 g/mol. The van der Waals surface area contributed by atoms with E-state index in [4.69, 9.17) is 4.74 Å². The van der Waals surface area contributed by atoms with Gasteiger partial charge in [0.15, 0.2) is 12.4 Å². The van der Waals surface area contributed by atoms with Gasteiger partial charge in [-0.3, -0.25) is 9.59 Å². The molecule has 1 amide bonds. The lowest BCUT2D eigenvalue weighted by molar-refractivity contribution is -0.154. The first-order valence-electron chi connectivity index (χ1n) is 10.0. The standard InChI is InChI=1S/C20H25N3O5S/c1-13(14-8-9-14)21-18(24)12-28-20(25)15-5-4-10-23(11-15)19-16-6-2-3-7-17(16)29(26,27)22-19/h2-3,6-7,13-15H,4-5,8-12H2,1H3,(H,21,24)/t13-,15-/m1/s1. The van der Waals surface area contributed by atoms with Crippen molar-refractivity contribution < 1.29 is 22.7 Å². The number of ether oxygens (including phenoxy) is 1. The molecule has 2 aliphatic heterocycles. The van der Waals surface area contributed by atoms with Crippen LogP contribution in [0.4, 0.5) is 0 Å². The largest absolute Gasteiger partial charge is 0.455 e. The summed E-state index contributed by atoms with van der Waals surface area (Å²) in [6.07, 6.45) is 3.60. The van der Waals surface area contributed by atoms with Gasteiger partial charge in [-0.25, -0.2) is 0 Å². The minimum absolute atomic E-state index is 0.105. The lowest BCUT2D eigenvalue weighted by atomic mass is 9.97. The zero-order valence-corrected chi connectivity index (χ0v) is 17.2. The van der Waals surface area contributed by atoms with E-state index in [9.17, 15) is 18.0 Å². The van der Waals surface area contributed by atoms with Crippen molar-refractivity contribution in [2.45, 2.75) is 43.5 Å². The number of sulfonamides is 1. The number of nitrogens with one attached hydrogen (secondary N) is 1. The van der Waals surface area contributed by atoms with Crippen molar-refractivity contribution in [3.8, 4) is 0 Å². The van der Waals surface area contributed by atoms with Crippen LogP contribution in [-0.2, 0) is 24.3 Å². The van der Waals surface area contributed by atoms with Crippen LogP contribution in [-0.4, -0.2) is 56.8 Å². The third-order valence-corrected chi connectivity index (χ3v) is 7.06. The maximum Gasteiger partial charge on any atom is 0.311 e. The highest BCUT2D eigenvalue weighted by molar-refractivity contribution is 7.90. The molecule has 0 bridgehead atoms. The van der Waals surface area contributed by atoms with Gasteiger partial charge in [-0.05, 0) is 50.7 Å². The van der Waals surface area contributed by atoms with E-state index in [2.05, 4.69) is 9.71 Å². The Morgan fingerprint density at radius 3 is 2.79 bits per heavy atom. The van der Waals surface area contributed by atoms with E-state index < -0.39 is 21.9 Å². The molecule has 156 valence electrons. The molecule has 1 aromatic carbocycles. The molecule has 29 heavy (non-hydrogen) atoms. The number of hydrogen-bond donors (Lipinski definition) is 1. The van der Waals surface area contributed by atoms with Crippen molar-refractivity contribution >= 4 is 27.7 Å². The van der Waals surface area contributed by atoms with Crippen LogP contribution in [0.15, 0.2) is 33.6 Å². The number of rotatable bonds is 5. The van der Waals surface area contributed by atoms with Crippen molar-refractivity contribution in [2.75, 3.05) is 19.7 Å². The minimum Gasteiger partial charge on any atom is -0.455 e. The summed E-state index contributed by atoms with van der Waals surface area (Å²) in [5, 5.41) is 2.86. The molecule has 4 rings (SSSR count). The molecule has 2 heterocycles. The number of fused-ring (bicyclic) bond motifs is 1. The van der Waals surface area contributed by atoms with Gasteiger partial charge in [0.05, 0.1) is 5.92 Å². The van der Waals surface area contributed by atoms with Crippen molar-refractivity contribution in [3.05, 3.63) is 29.8 Å². The van der Waals surface area contributed by atoms with Gasteiger partial charge in [-0.15, -0.1) is 4.40 Å². The predicted octanol–water partition coefficient (Wildman–Crippen LogP) is 1.31. The zero-order chi connectivity index (χ0) is 20.6. The predicted molar refractivity (Wildman–Crippen MR) is 106 cm³/mol. The van der Waals surface area contributed by atoms with E-state index in [-0.39, 0.29) is 23.5 Å². The molecular weight excluding hydrogens is 394 g/mol. The summed E-state index contributed by atoms with van der Waals surface area (Å²) in [7, 11) is -3.70. The number of carbonyl (C=O) groups is 2. The van der Waals surface area contributed by atoms with Crippen LogP contribution in [0.5, 0.6) is 0 Å². The number of nitrogens with zero attached hydrogens (tertiary/aromatic N) is 2. The highest BCUT2D eigenvalue weighted by Crippen LogP contribution is 2.32. The minimum atomic E-state index is -3.70.